The Morgan fingerprint density at radius 1 is 1.25 bits per heavy atom. The number of methoxy groups -OCH3 is 1. The van der Waals surface area contributed by atoms with Gasteiger partial charge in [-0.3, -0.25) is 4.79 Å². The van der Waals surface area contributed by atoms with Gasteiger partial charge in [0, 0.05) is 20.1 Å². The zero-order valence-corrected chi connectivity index (χ0v) is 12.9. The van der Waals surface area contributed by atoms with Crippen molar-refractivity contribution in [3.05, 3.63) is 0 Å². The summed E-state index contributed by atoms with van der Waals surface area (Å²) in [6.07, 6.45) is 10.7. The van der Waals surface area contributed by atoms with Crippen molar-refractivity contribution in [2.24, 2.45) is 5.92 Å². The van der Waals surface area contributed by atoms with Crippen LogP contribution in [0.15, 0.2) is 0 Å². The summed E-state index contributed by atoms with van der Waals surface area (Å²) in [5.41, 5.74) is -0.0339. The molecule has 0 aromatic heterocycles. The van der Waals surface area contributed by atoms with Crippen LogP contribution in [0.1, 0.15) is 57.8 Å². The summed E-state index contributed by atoms with van der Waals surface area (Å²) in [5.74, 6) is 0.827. The molecule has 1 aliphatic carbocycles. The lowest BCUT2D eigenvalue weighted by molar-refractivity contribution is -0.122. The normalized spacial score (nSPS) is 28.2. The number of carbonyl (C=O) groups excluding carboxylic acids is 1. The Balaban J connectivity index is 1.73. The van der Waals surface area contributed by atoms with E-state index in [2.05, 4.69) is 10.6 Å². The van der Waals surface area contributed by atoms with Crippen LogP contribution in [0.5, 0.6) is 0 Å². The van der Waals surface area contributed by atoms with Gasteiger partial charge in [0.05, 0.1) is 12.1 Å². The van der Waals surface area contributed by atoms with Crippen molar-refractivity contribution in [1.29, 1.82) is 0 Å². The molecule has 2 fully saturated rings. The number of rotatable bonds is 6. The Hall–Kier alpha value is -0.610. The molecule has 1 heterocycles. The summed E-state index contributed by atoms with van der Waals surface area (Å²) in [6, 6.07) is 0. The van der Waals surface area contributed by atoms with Crippen LogP contribution in [0.2, 0.25) is 0 Å². The average molecular weight is 282 g/mol. The van der Waals surface area contributed by atoms with Crippen molar-refractivity contribution >= 4 is 5.91 Å². The standard InChI is InChI=1S/C16H30N2O2/c1-20-13-16(9-6-10-18-16)12-17-15(19)11-14-7-4-2-3-5-8-14/h14,18H,2-13H2,1H3,(H,17,19). The van der Waals surface area contributed by atoms with Gasteiger partial charge in [0.25, 0.3) is 0 Å². The third-order valence-electron chi connectivity index (χ3n) is 4.83. The molecule has 1 atom stereocenters. The predicted octanol–water partition coefficient (Wildman–Crippen LogP) is 2.23. The topological polar surface area (TPSA) is 50.4 Å². The van der Waals surface area contributed by atoms with Crippen molar-refractivity contribution < 1.29 is 9.53 Å². The van der Waals surface area contributed by atoms with E-state index in [1.54, 1.807) is 7.11 Å². The lowest BCUT2D eigenvalue weighted by Gasteiger charge is -2.29. The maximum Gasteiger partial charge on any atom is 0.220 e. The fraction of sp³-hybridized carbons (Fsp3) is 0.938. The van der Waals surface area contributed by atoms with E-state index >= 15 is 0 Å². The monoisotopic (exact) mass is 282 g/mol. The summed E-state index contributed by atoms with van der Waals surface area (Å²) in [6.45, 7) is 2.41. The Bertz CT molecular complexity index is 293. The molecule has 4 heteroatoms. The van der Waals surface area contributed by atoms with Gasteiger partial charge in [0.1, 0.15) is 0 Å². The average Bonchev–Trinajstić information content (AvgIpc) is 2.74. The fourth-order valence-electron chi connectivity index (χ4n) is 3.64. The highest BCUT2D eigenvalue weighted by Gasteiger charge is 2.33. The van der Waals surface area contributed by atoms with Crippen molar-refractivity contribution in [2.75, 3.05) is 26.8 Å². The lowest BCUT2D eigenvalue weighted by Crippen LogP contribution is -2.53. The largest absolute Gasteiger partial charge is 0.383 e. The van der Waals surface area contributed by atoms with E-state index in [9.17, 15) is 4.79 Å². The van der Waals surface area contributed by atoms with Crippen LogP contribution in [0.25, 0.3) is 0 Å². The summed E-state index contributed by atoms with van der Waals surface area (Å²) in [4.78, 5) is 12.1. The summed E-state index contributed by atoms with van der Waals surface area (Å²) < 4.78 is 5.31. The van der Waals surface area contributed by atoms with Crippen molar-refractivity contribution in [2.45, 2.75) is 63.3 Å². The fourth-order valence-corrected chi connectivity index (χ4v) is 3.64. The van der Waals surface area contributed by atoms with Gasteiger partial charge in [-0.15, -0.1) is 0 Å². The molecule has 0 spiro atoms. The summed E-state index contributed by atoms with van der Waals surface area (Å²) in [7, 11) is 1.73. The second-order valence-electron chi connectivity index (χ2n) is 6.58. The van der Waals surface area contributed by atoms with Gasteiger partial charge in [-0.25, -0.2) is 0 Å². The molecule has 1 amide bonds. The van der Waals surface area contributed by atoms with Gasteiger partial charge in [-0.05, 0) is 38.1 Å². The smallest absolute Gasteiger partial charge is 0.220 e. The number of amides is 1. The first kappa shape index (κ1) is 15.8. The first-order chi connectivity index (χ1) is 9.74. The number of ether oxygens (including phenoxy) is 1. The van der Waals surface area contributed by atoms with Crippen LogP contribution < -0.4 is 10.6 Å². The van der Waals surface area contributed by atoms with E-state index < -0.39 is 0 Å². The molecule has 4 nitrogen and oxygen atoms in total. The number of hydrogen-bond donors (Lipinski definition) is 2. The second-order valence-corrected chi connectivity index (χ2v) is 6.58. The van der Waals surface area contributed by atoms with Crippen LogP contribution in [-0.4, -0.2) is 38.3 Å². The molecule has 0 aromatic rings. The first-order valence-electron chi connectivity index (χ1n) is 8.25. The third-order valence-corrected chi connectivity index (χ3v) is 4.83. The minimum Gasteiger partial charge on any atom is -0.383 e. The minimum absolute atomic E-state index is 0.0339. The molecule has 116 valence electrons. The van der Waals surface area contributed by atoms with Gasteiger partial charge < -0.3 is 15.4 Å². The van der Waals surface area contributed by atoms with Gasteiger partial charge in [0.2, 0.25) is 5.91 Å². The van der Waals surface area contributed by atoms with Gasteiger partial charge >= 0.3 is 0 Å². The van der Waals surface area contributed by atoms with Gasteiger partial charge in [0.15, 0.2) is 0 Å². The third kappa shape index (κ3) is 4.74. The molecule has 2 aliphatic rings. The van der Waals surface area contributed by atoms with Gasteiger partial charge in [-0.1, -0.05) is 25.7 Å². The van der Waals surface area contributed by atoms with E-state index in [1.807, 2.05) is 0 Å². The molecule has 1 saturated carbocycles. The highest BCUT2D eigenvalue weighted by atomic mass is 16.5. The molecular weight excluding hydrogens is 252 g/mol. The quantitative estimate of drug-likeness (QED) is 0.735. The van der Waals surface area contributed by atoms with Crippen LogP contribution in [-0.2, 0) is 9.53 Å². The van der Waals surface area contributed by atoms with Gasteiger partial charge in [-0.2, -0.15) is 0 Å². The molecule has 20 heavy (non-hydrogen) atoms. The molecule has 2 N–H and O–H groups in total. The Labute approximate surface area is 123 Å². The molecule has 0 bridgehead atoms. The predicted molar refractivity (Wildman–Crippen MR) is 80.7 cm³/mol. The van der Waals surface area contributed by atoms with E-state index in [0.29, 0.717) is 25.5 Å². The molecule has 1 saturated heterocycles. The molecule has 1 aliphatic heterocycles. The summed E-state index contributed by atoms with van der Waals surface area (Å²) >= 11 is 0. The van der Waals surface area contributed by atoms with E-state index in [1.165, 1.54) is 44.9 Å². The molecule has 2 rings (SSSR count). The Morgan fingerprint density at radius 2 is 2.00 bits per heavy atom. The zero-order valence-electron chi connectivity index (χ0n) is 12.9. The van der Waals surface area contributed by atoms with Crippen molar-refractivity contribution in [3.8, 4) is 0 Å². The maximum absolute atomic E-state index is 12.1. The van der Waals surface area contributed by atoms with Crippen molar-refractivity contribution in [1.82, 2.24) is 10.6 Å². The van der Waals surface area contributed by atoms with E-state index in [-0.39, 0.29) is 11.4 Å². The number of carbonyl (C=O) groups is 1. The molecule has 0 aromatic carbocycles. The van der Waals surface area contributed by atoms with E-state index in [0.717, 1.165) is 13.0 Å². The van der Waals surface area contributed by atoms with E-state index in [4.69, 9.17) is 4.74 Å². The Morgan fingerprint density at radius 3 is 2.60 bits per heavy atom. The highest BCUT2D eigenvalue weighted by molar-refractivity contribution is 5.76. The van der Waals surface area contributed by atoms with Crippen LogP contribution in [0.4, 0.5) is 0 Å². The van der Waals surface area contributed by atoms with Crippen molar-refractivity contribution in [3.63, 3.8) is 0 Å². The second kappa shape index (κ2) is 7.99. The highest BCUT2D eigenvalue weighted by Crippen LogP contribution is 2.25. The number of nitrogens with one attached hydrogen (secondary N) is 2. The maximum atomic E-state index is 12.1. The zero-order chi connectivity index (χ0) is 14.3. The molecule has 1 unspecified atom stereocenters. The molecule has 0 radical (unpaired) electrons. The lowest BCUT2D eigenvalue weighted by atomic mass is 9.95. The van der Waals surface area contributed by atoms with Crippen LogP contribution in [0, 0.1) is 5.92 Å². The SMILES string of the molecule is COCC1(CNC(=O)CC2CCCCCC2)CCCN1. The minimum atomic E-state index is -0.0339. The van der Waals surface area contributed by atoms with Crippen LogP contribution >= 0.6 is 0 Å². The first-order valence-corrected chi connectivity index (χ1v) is 8.25. The number of hydrogen-bond acceptors (Lipinski definition) is 3. The summed E-state index contributed by atoms with van der Waals surface area (Å²) in [5, 5.41) is 6.64. The molecular formula is C16H30N2O2. The van der Waals surface area contributed by atoms with Crippen LogP contribution in [0.3, 0.4) is 0 Å². The Kier molecular flexibility index (Phi) is 6.30.